The lowest BCUT2D eigenvalue weighted by atomic mass is 10.1. The van der Waals surface area contributed by atoms with Gasteiger partial charge < -0.3 is 5.32 Å². The predicted octanol–water partition coefficient (Wildman–Crippen LogP) is 4.54. The Balaban J connectivity index is 1.35. The Morgan fingerprint density at radius 3 is 2.80 bits per heavy atom. The summed E-state index contributed by atoms with van der Waals surface area (Å²) >= 11 is 12.1. The van der Waals surface area contributed by atoms with Crippen molar-refractivity contribution >= 4 is 40.1 Å². The number of benzene rings is 1. The minimum absolute atomic E-state index is 0.161. The summed E-state index contributed by atoms with van der Waals surface area (Å²) in [5.74, 6) is -0.161. The molecule has 6 nitrogen and oxygen atoms in total. The monoisotopic (exact) mass is 439 g/mol. The molecule has 1 aromatic carbocycles. The molecule has 1 N–H and O–H groups in total. The van der Waals surface area contributed by atoms with Gasteiger partial charge in [0.2, 0.25) is 0 Å². The van der Waals surface area contributed by atoms with Crippen molar-refractivity contribution in [2.24, 2.45) is 0 Å². The van der Waals surface area contributed by atoms with Crippen LogP contribution in [0.15, 0.2) is 61.2 Å². The van der Waals surface area contributed by atoms with Crippen LogP contribution < -0.4 is 5.32 Å². The van der Waals surface area contributed by atoms with Crippen LogP contribution in [0.1, 0.15) is 27.9 Å². The van der Waals surface area contributed by atoms with Crippen LogP contribution in [0.3, 0.4) is 0 Å². The number of carbonyl (C=O) groups is 1. The first-order valence-electron chi connectivity index (χ1n) is 9.53. The van der Waals surface area contributed by atoms with Gasteiger partial charge in [-0.1, -0.05) is 35.3 Å². The highest BCUT2D eigenvalue weighted by Gasteiger charge is 2.11. The lowest BCUT2D eigenvalue weighted by Crippen LogP contribution is -2.24. The number of fused-ring (bicyclic) bond motifs is 1. The summed E-state index contributed by atoms with van der Waals surface area (Å²) in [6.45, 7) is 1.11. The maximum Gasteiger partial charge on any atom is 0.252 e. The molecule has 8 heteroatoms. The zero-order chi connectivity index (χ0) is 20.9. The van der Waals surface area contributed by atoms with Crippen LogP contribution in [-0.4, -0.2) is 32.2 Å². The highest BCUT2D eigenvalue weighted by Crippen LogP contribution is 2.22. The zero-order valence-corrected chi connectivity index (χ0v) is 17.6. The van der Waals surface area contributed by atoms with Crippen LogP contribution in [0, 0.1) is 0 Å². The predicted molar refractivity (Wildman–Crippen MR) is 118 cm³/mol. The van der Waals surface area contributed by atoms with Gasteiger partial charge in [-0.15, -0.1) is 0 Å². The first-order valence-corrected chi connectivity index (χ1v) is 10.3. The standard InChI is InChI=1S/C22H19Cl2N5O/c23-19-6-5-16(20(24)10-19)4-2-8-26-22(30)18-9-17-13-28-29(21(17)27-12-18)14-15-3-1-7-25-11-15/h1,3,5-7,9-13H,2,4,8,14H2,(H,26,30). The quantitative estimate of drug-likeness (QED) is 0.428. The van der Waals surface area contributed by atoms with E-state index >= 15 is 0 Å². The second kappa shape index (κ2) is 9.24. The molecular weight excluding hydrogens is 421 g/mol. The van der Waals surface area contributed by atoms with Crippen molar-refractivity contribution in [3.8, 4) is 0 Å². The van der Waals surface area contributed by atoms with Gasteiger partial charge in [-0.25, -0.2) is 9.67 Å². The normalized spacial score (nSPS) is 11.0. The Morgan fingerprint density at radius 1 is 1.10 bits per heavy atom. The highest BCUT2D eigenvalue weighted by atomic mass is 35.5. The average Bonchev–Trinajstić information content (AvgIpc) is 3.15. The number of aromatic nitrogens is 4. The van der Waals surface area contributed by atoms with E-state index in [0.29, 0.717) is 28.7 Å². The van der Waals surface area contributed by atoms with Gasteiger partial charge >= 0.3 is 0 Å². The lowest BCUT2D eigenvalue weighted by molar-refractivity contribution is 0.0953. The van der Waals surface area contributed by atoms with Gasteiger partial charge in [-0.05, 0) is 48.2 Å². The largest absolute Gasteiger partial charge is 0.352 e. The molecule has 3 heterocycles. The maximum absolute atomic E-state index is 12.5. The van der Waals surface area contributed by atoms with E-state index in [1.807, 2.05) is 24.3 Å². The molecule has 0 bridgehead atoms. The molecule has 0 saturated carbocycles. The third-order valence-electron chi connectivity index (χ3n) is 4.72. The highest BCUT2D eigenvalue weighted by molar-refractivity contribution is 6.35. The fourth-order valence-corrected chi connectivity index (χ4v) is 3.69. The number of nitrogens with zero attached hydrogens (tertiary/aromatic N) is 4. The molecule has 1 amide bonds. The zero-order valence-electron chi connectivity index (χ0n) is 16.1. The number of amides is 1. The summed E-state index contributed by atoms with van der Waals surface area (Å²) in [7, 11) is 0. The summed E-state index contributed by atoms with van der Waals surface area (Å²) in [5, 5.41) is 9.39. The second-order valence-corrected chi connectivity index (χ2v) is 7.74. The summed E-state index contributed by atoms with van der Waals surface area (Å²) < 4.78 is 1.80. The van der Waals surface area contributed by atoms with E-state index in [2.05, 4.69) is 20.4 Å². The van der Waals surface area contributed by atoms with E-state index in [4.69, 9.17) is 23.2 Å². The van der Waals surface area contributed by atoms with Crippen LogP contribution in [0.25, 0.3) is 11.0 Å². The number of hydrogen-bond acceptors (Lipinski definition) is 4. The van der Waals surface area contributed by atoms with Gasteiger partial charge in [0.25, 0.3) is 5.91 Å². The van der Waals surface area contributed by atoms with Crippen LogP contribution in [0.2, 0.25) is 10.0 Å². The topological polar surface area (TPSA) is 72.7 Å². The molecule has 0 atom stereocenters. The Labute approximate surface area is 183 Å². The summed E-state index contributed by atoms with van der Waals surface area (Å²) in [5.41, 5.74) is 3.28. The Morgan fingerprint density at radius 2 is 2.00 bits per heavy atom. The van der Waals surface area contributed by atoms with Gasteiger partial charge in [0.15, 0.2) is 5.65 Å². The molecule has 30 heavy (non-hydrogen) atoms. The molecule has 0 unspecified atom stereocenters. The van der Waals surface area contributed by atoms with Crippen LogP contribution >= 0.6 is 23.2 Å². The molecule has 0 radical (unpaired) electrons. The Bertz CT molecular complexity index is 1180. The Hall–Kier alpha value is -2.96. The van der Waals surface area contributed by atoms with Crippen molar-refractivity contribution in [1.29, 1.82) is 0 Å². The molecule has 0 aliphatic carbocycles. The summed E-state index contributed by atoms with van der Waals surface area (Å²) in [6.07, 6.45) is 8.36. The average molecular weight is 440 g/mol. The summed E-state index contributed by atoms with van der Waals surface area (Å²) in [4.78, 5) is 21.0. The fourth-order valence-electron chi connectivity index (χ4n) is 3.18. The number of carbonyl (C=O) groups excluding carboxylic acids is 1. The van der Waals surface area contributed by atoms with E-state index in [-0.39, 0.29) is 5.91 Å². The van der Waals surface area contributed by atoms with Gasteiger partial charge in [-0.3, -0.25) is 9.78 Å². The molecule has 3 aromatic heterocycles. The van der Waals surface area contributed by atoms with E-state index < -0.39 is 0 Å². The number of nitrogens with one attached hydrogen (secondary N) is 1. The van der Waals surface area contributed by atoms with Crippen molar-refractivity contribution < 1.29 is 4.79 Å². The molecule has 0 aliphatic heterocycles. The van der Waals surface area contributed by atoms with E-state index in [1.54, 1.807) is 41.6 Å². The van der Waals surface area contributed by atoms with Crippen molar-refractivity contribution in [1.82, 2.24) is 25.1 Å². The first-order chi connectivity index (χ1) is 14.6. The van der Waals surface area contributed by atoms with Gasteiger partial charge in [0.1, 0.15) is 0 Å². The van der Waals surface area contributed by atoms with E-state index in [9.17, 15) is 4.79 Å². The molecule has 4 aromatic rings. The fraction of sp³-hybridized carbons (Fsp3) is 0.182. The van der Waals surface area contributed by atoms with Crippen molar-refractivity contribution in [3.63, 3.8) is 0 Å². The van der Waals surface area contributed by atoms with Crippen LogP contribution in [0.4, 0.5) is 0 Å². The lowest BCUT2D eigenvalue weighted by Gasteiger charge is -2.07. The molecule has 4 rings (SSSR count). The third kappa shape index (κ3) is 4.78. The maximum atomic E-state index is 12.5. The van der Waals surface area contributed by atoms with Gasteiger partial charge in [0.05, 0.1) is 18.3 Å². The number of hydrogen-bond donors (Lipinski definition) is 1. The number of pyridine rings is 2. The minimum Gasteiger partial charge on any atom is -0.352 e. The smallest absolute Gasteiger partial charge is 0.252 e. The second-order valence-electron chi connectivity index (χ2n) is 6.90. The minimum atomic E-state index is -0.161. The molecular formula is C22H19Cl2N5O. The Kier molecular flexibility index (Phi) is 6.26. The first kappa shape index (κ1) is 20.3. The van der Waals surface area contributed by atoms with Crippen molar-refractivity contribution in [3.05, 3.63) is 87.9 Å². The van der Waals surface area contributed by atoms with E-state index in [0.717, 1.165) is 35.0 Å². The van der Waals surface area contributed by atoms with Crippen LogP contribution in [-0.2, 0) is 13.0 Å². The van der Waals surface area contributed by atoms with Crippen molar-refractivity contribution in [2.75, 3.05) is 6.54 Å². The van der Waals surface area contributed by atoms with Gasteiger partial charge in [-0.2, -0.15) is 5.10 Å². The molecule has 0 saturated heterocycles. The molecule has 0 fully saturated rings. The number of halogens is 2. The molecule has 0 spiro atoms. The number of aryl methyl sites for hydroxylation is 1. The molecule has 152 valence electrons. The number of rotatable bonds is 7. The van der Waals surface area contributed by atoms with Crippen LogP contribution in [0.5, 0.6) is 0 Å². The summed E-state index contributed by atoms with van der Waals surface area (Å²) in [6, 6.07) is 11.1. The van der Waals surface area contributed by atoms with Gasteiger partial charge in [0, 0.05) is 40.6 Å². The van der Waals surface area contributed by atoms with E-state index in [1.165, 1.54) is 0 Å². The molecule has 0 aliphatic rings. The SMILES string of the molecule is O=C(NCCCc1ccc(Cl)cc1Cl)c1cnc2c(cnn2Cc2cccnc2)c1. The third-order valence-corrected chi connectivity index (χ3v) is 5.30. The van der Waals surface area contributed by atoms with Crippen molar-refractivity contribution in [2.45, 2.75) is 19.4 Å².